The monoisotopic (exact) mass is 245 g/mol. The van der Waals surface area contributed by atoms with Crippen LogP contribution in [0.1, 0.15) is 5.56 Å². The standard InChI is InChI=1S/C8H8N2O5S/c1-6-4-2-3-5-7(6)10(12)8(11)9-16(13,14)15/h2-5H,1H3,(H-,9,11,13,14,15)/p+1. The molecule has 0 aliphatic rings. The third-order valence-electron chi connectivity index (χ3n) is 1.73. The van der Waals surface area contributed by atoms with E-state index in [9.17, 15) is 18.1 Å². The van der Waals surface area contributed by atoms with Gasteiger partial charge in [-0.15, -0.1) is 4.72 Å². The van der Waals surface area contributed by atoms with Crippen molar-refractivity contribution in [2.75, 3.05) is 0 Å². The molecule has 0 aromatic heterocycles. The number of urea groups is 1. The van der Waals surface area contributed by atoms with Gasteiger partial charge in [0.2, 0.25) is 0 Å². The molecule has 2 N–H and O–H groups in total. The highest BCUT2D eigenvalue weighted by molar-refractivity contribution is 7.84. The zero-order chi connectivity index (χ0) is 12.3. The molecule has 0 saturated carbocycles. The molecule has 7 nitrogen and oxygen atoms in total. The van der Waals surface area contributed by atoms with Crippen molar-refractivity contribution >= 4 is 22.0 Å². The van der Waals surface area contributed by atoms with E-state index in [0.29, 0.717) is 5.56 Å². The number of aryl methyl sites for hydroxylation is 1. The van der Waals surface area contributed by atoms with Gasteiger partial charge in [-0.1, -0.05) is 23.1 Å². The number of amides is 2. The van der Waals surface area contributed by atoms with E-state index < -0.39 is 16.3 Å². The lowest BCUT2D eigenvalue weighted by molar-refractivity contribution is -0.355. The summed E-state index contributed by atoms with van der Waals surface area (Å²) in [6, 6.07) is 4.64. The van der Waals surface area contributed by atoms with Gasteiger partial charge in [0.15, 0.2) is 5.69 Å². The lowest BCUT2D eigenvalue weighted by Crippen LogP contribution is -2.34. The van der Waals surface area contributed by atoms with Crippen molar-refractivity contribution in [3.8, 4) is 0 Å². The number of carbonyl (C=O) groups is 1. The molecule has 0 bridgehead atoms. The number of carbonyl (C=O) groups excluding carboxylic acids is 1. The van der Waals surface area contributed by atoms with Crippen molar-refractivity contribution in [2.45, 2.75) is 6.92 Å². The van der Waals surface area contributed by atoms with Gasteiger partial charge >= 0.3 is 16.3 Å². The second-order valence-electron chi connectivity index (χ2n) is 2.96. The smallest absolute Gasteiger partial charge is 0.252 e. The summed E-state index contributed by atoms with van der Waals surface area (Å²) >= 11 is 0. The van der Waals surface area contributed by atoms with Gasteiger partial charge in [0.25, 0.3) is 0 Å². The lowest BCUT2D eigenvalue weighted by atomic mass is 10.2. The summed E-state index contributed by atoms with van der Waals surface area (Å²) in [6.45, 7) is 1.58. The Hall–Kier alpha value is -1.80. The van der Waals surface area contributed by atoms with Crippen LogP contribution >= 0.6 is 0 Å². The first-order valence-electron chi connectivity index (χ1n) is 4.13. The zero-order valence-electron chi connectivity index (χ0n) is 8.25. The van der Waals surface area contributed by atoms with E-state index >= 15 is 0 Å². The Kier molecular flexibility index (Phi) is 3.35. The van der Waals surface area contributed by atoms with Crippen LogP contribution in [0.5, 0.6) is 0 Å². The van der Waals surface area contributed by atoms with Gasteiger partial charge in [0, 0.05) is 5.56 Å². The molecule has 0 spiro atoms. The Labute approximate surface area is 91.5 Å². The van der Waals surface area contributed by atoms with Crippen LogP contribution in [0.3, 0.4) is 0 Å². The molecule has 0 radical (unpaired) electrons. The highest BCUT2D eigenvalue weighted by Crippen LogP contribution is 2.16. The van der Waals surface area contributed by atoms with E-state index in [4.69, 9.17) is 4.55 Å². The van der Waals surface area contributed by atoms with Crippen LogP contribution in [0.4, 0.5) is 10.5 Å². The summed E-state index contributed by atoms with van der Waals surface area (Å²) in [5.74, 6) is 0. The van der Waals surface area contributed by atoms with Crippen LogP contribution in [0.2, 0.25) is 0 Å². The van der Waals surface area contributed by atoms with Crippen molar-refractivity contribution in [2.24, 2.45) is 0 Å². The summed E-state index contributed by atoms with van der Waals surface area (Å²) in [6.07, 6.45) is 0. The molecule has 1 aromatic carbocycles. The van der Waals surface area contributed by atoms with Crippen molar-refractivity contribution < 1.29 is 22.5 Å². The van der Waals surface area contributed by atoms with Crippen LogP contribution in [0, 0.1) is 11.8 Å². The average molecular weight is 245 g/mol. The zero-order valence-corrected chi connectivity index (χ0v) is 9.06. The fourth-order valence-electron chi connectivity index (χ4n) is 1.05. The van der Waals surface area contributed by atoms with Crippen molar-refractivity contribution in [3.05, 3.63) is 34.7 Å². The Morgan fingerprint density at radius 2 is 1.94 bits per heavy atom. The number of hydrogen-bond acceptors (Lipinski definition) is 4. The molecule has 2 amide bonds. The van der Waals surface area contributed by atoms with Crippen LogP contribution in [0.15, 0.2) is 24.3 Å². The molecule has 0 aliphatic heterocycles. The summed E-state index contributed by atoms with van der Waals surface area (Å²) < 4.78 is 30.0. The number of nitrogens with one attached hydrogen (secondary N) is 1. The van der Waals surface area contributed by atoms with Gasteiger partial charge in [-0.25, -0.2) is 0 Å². The molecule has 0 aliphatic carbocycles. The molecule has 0 heterocycles. The Morgan fingerprint density at radius 1 is 1.38 bits per heavy atom. The number of nitroso groups, excluding NO2 is 1. The van der Waals surface area contributed by atoms with Crippen molar-refractivity contribution in [1.82, 2.24) is 4.72 Å². The maximum absolute atomic E-state index is 11.4. The molecular formula is C8H9N2O5S+. The van der Waals surface area contributed by atoms with Crippen molar-refractivity contribution in [1.29, 1.82) is 0 Å². The predicted octanol–water partition coefficient (Wildman–Crippen LogP) is 0.918. The van der Waals surface area contributed by atoms with E-state index in [1.807, 2.05) is 0 Å². The molecule has 86 valence electrons. The van der Waals surface area contributed by atoms with E-state index in [1.165, 1.54) is 12.1 Å². The number of benzene rings is 1. The predicted molar refractivity (Wildman–Crippen MR) is 54.5 cm³/mol. The molecule has 0 unspecified atom stereocenters. The minimum atomic E-state index is -4.73. The second kappa shape index (κ2) is 4.37. The Balaban J connectivity index is 2.96. The van der Waals surface area contributed by atoms with Gasteiger partial charge in [0.1, 0.15) is 0 Å². The first kappa shape index (κ1) is 12.3. The van der Waals surface area contributed by atoms with E-state index in [0.717, 1.165) is 4.72 Å². The van der Waals surface area contributed by atoms with Gasteiger partial charge in [-0.3, -0.25) is 4.55 Å². The molecule has 1 aromatic rings. The SMILES string of the molecule is Cc1ccccc1[N+](=O)C(=O)NS(=O)(=O)O. The number of para-hydroxylation sites is 1. The third-order valence-corrected chi connectivity index (χ3v) is 2.17. The maximum Gasteiger partial charge on any atom is 0.552 e. The summed E-state index contributed by atoms with van der Waals surface area (Å²) in [5.41, 5.74) is 0.506. The molecular weight excluding hydrogens is 236 g/mol. The minimum absolute atomic E-state index is 0.00338. The largest absolute Gasteiger partial charge is 0.552 e. The normalized spacial score (nSPS) is 10.9. The fourth-order valence-corrected chi connectivity index (χ4v) is 1.36. The molecule has 0 atom stereocenters. The highest BCUT2D eigenvalue weighted by atomic mass is 32.2. The van der Waals surface area contributed by atoms with Crippen LogP contribution in [-0.2, 0) is 10.3 Å². The molecule has 16 heavy (non-hydrogen) atoms. The fraction of sp³-hybridized carbons (Fsp3) is 0.125. The summed E-state index contributed by atoms with van der Waals surface area (Å²) in [4.78, 5) is 22.4. The van der Waals surface area contributed by atoms with E-state index in [2.05, 4.69) is 0 Å². The third kappa shape index (κ3) is 3.11. The quantitative estimate of drug-likeness (QED) is 0.595. The molecule has 8 heteroatoms. The van der Waals surface area contributed by atoms with Gasteiger partial charge in [-0.2, -0.15) is 13.2 Å². The van der Waals surface area contributed by atoms with E-state index in [1.54, 1.807) is 19.1 Å². The van der Waals surface area contributed by atoms with Crippen LogP contribution < -0.4 is 4.72 Å². The summed E-state index contributed by atoms with van der Waals surface area (Å²) in [7, 11) is -4.73. The molecule has 0 saturated heterocycles. The van der Waals surface area contributed by atoms with Gasteiger partial charge < -0.3 is 0 Å². The highest BCUT2D eigenvalue weighted by Gasteiger charge is 2.28. The molecule has 1 rings (SSSR count). The van der Waals surface area contributed by atoms with Crippen LogP contribution in [0.25, 0.3) is 0 Å². The van der Waals surface area contributed by atoms with Crippen molar-refractivity contribution in [3.63, 3.8) is 0 Å². The maximum atomic E-state index is 11.4. The summed E-state index contributed by atoms with van der Waals surface area (Å²) in [5, 5.41) is 0. The minimum Gasteiger partial charge on any atom is -0.252 e. The van der Waals surface area contributed by atoms with E-state index in [-0.39, 0.29) is 10.4 Å². The topological polar surface area (TPSA) is 104 Å². The number of rotatable bonds is 2. The van der Waals surface area contributed by atoms with Gasteiger partial charge in [0.05, 0.1) is 4.76 Å². The Morgan fingerprint density at radius 3 is 2.44 bits per heavy atom. The first-order chi connectivity index (χ1) is 7.31. The Bertz CT molecular complexity index is 537. The van der Waals surface area contributed by atoms with Gasteiger partial charge in [-0.05, 0) is 13.0 Å². The average Bonchev–Trinajstić information content (AvgIpc) is 2.15. The van der Waals surface area contributed by atoms with Crippen LogP contribution in [-0.4, -0.2) is 23.8 Å². The molecule has 0 fully saturated rings. The second-order valence-corrected chi connectivity index (χ2v) is 4.12. The first-order valence-corrected chi connectivity index (χ1v) is 5.57. The lowest BCUT2D eigenvalue weighted by Gasteiger charge is -1.98. The number of nitrogens with zero attached hydrogens (tertiary/aromatic N) is 1. The number of hydrogen-bond donors (Lipinski definition) is 2.